The van der Waals surface area contributed by atoms with Gasteiger partial charge in [0.15, 0.2) is 0 Å². The van der Waals surface area contributed by atoms with Crippen molar-refractivity contribution in [3.8, 4) is 0 Å². The van der Waals surface area contributed by atoms with Gasteiger partial charge in [-0.3, -0.25) is 10.1 Å². The zero-order valence-corrected chi connectivity index (χ0v) is 9.92. The van der Waals surface area contributed by atoms with Crippen molar-refractivity contribution in [3.63, 3.8) is 0 Å². The van der Waals surface area contributed by atoms with Gasteiger partial charge in [-0.1, -0.05) is 15.9 Å². The Labute approximate surface area is 91.6 Å². The molecule has 0 aromatic heterocycles. The van der Waals surface area contributed by atoms with E-state index in [0.29, 0.717) is 3.57 Å². The Morgan fingerprint density at radius 3 is 2.67 bits per heavy atom. The quantitative estimate of drug-likeness (QED) is 0.447. The summed E-state index contributed by atoms with van der Waals surface area (Å²) in [5, 5.41) is 10.5. The SMILES string of the molecule is Cc1cc(Br)cc([N+](=O)[O-])c1I. The molecule has 0 radical (unpaired) electrons. The average molecular weight is 342 g/mol. The van der Waals surface area contributed by atoms with E-state index in [-0.39, 0.29) is 10.6 Å². The summed E-state index contributed by atoms with van der Waals surface area (Å²) >= 11 is 5.18. The van der Waals surface area contributed by atoms with Gasteiger partial charge < -0.3 is 0 Å². The summed E-state index contributed by atoms with van der Waals surface area (Å²) in [5.74, 6) is 0. The Kier molecular flexibility index (Phi) is 3.05. The summed E-state index contributed by atoms with van der Waals surface area (Å²) in [6.45, 7) is 1.85. The van der Waals surface area contributed by atoms with Crippen molar-refractivity contribution in [2.45, 2.75) is 6.92 Å². The second-order valence-electron chi connectivity index (χ2n) is 2.31. The molecule has 0 saturated heterocycles. The number of hydrogen-bond donors (Lipinski definition) is 0. The predicted octanol–water partition coefficient (Wildman–Crippen LogP) is 3.27. The molecule has 3 nitrogen and oxygen atoms in total. The second-order valence-corrected chi connectivity index (χ2v) is 4.31. The summed E-state index contributed by atoms with van der Waals surface area (Å²) < 4.78 is 1.44. The number of hydrogen-bond acceptors (Lipinski definition) is 2. The van der Waals surface area contributed by atoms with Crippen molar-refractivity contribution in [1.82, 2.24) is 0 Å². The lowest BCUT2D eigenvalue weighted by Crippen LogP contribution is -1.93. The van der Waals surface area contributed by atoms with Gasteiger partial charge in [0.2, 0.25) is 0 Å². The molecule has 1 rings (SSSR count). The summed E-state index contributed by atoms with van der Waals surface area (Å²) in [5.41, 5.74) is 1.07. The molecule has 0 amide bonds. The van der Waals surface area contributed by atoms with Crippen molar-refractivity contribution >= 4 is 44.2 Å². The largest absolute Gasteiger partial charge is 0.284 e. The van der Waals surface area contributed by atoms with E-state index in [1.54, 1.807) is 0 Å². The highest BCUT2D eigenvalue weighted by molar-refractivity contribution is 14.1. The number of nitrogens with zero attached hydrogens (tertiary/aromatic N) is 1. The summed E-state index contributed by atoms with van der Waals surface area (Å²) in [6, 6.07) is 3.36. The number of halogens is 2. The first kappa shape index (κ1) is 9.91. The smallest absolute Gasteiger partial charge is 0.258 e. The second kappa shape index (κ2) is 3.69. The molecule has 0 saturated carbocycles. The van der Waals surface area contributed by atoms with Crippen LogP contribution in [0.25, 0.3) is 0 Å². The van der Waals surface area contributed by atoms with Gasteiger partial charge in [-0.2, -0.15) is 0 Å². The average Bonchev–Trinajstić information content (AvgIpc) is 1.96. The van der Waals surface area contributed by atoms with Crippen LogP contribution in [0.2, 0.25) is 0 Å². The van der Waals surface area contributed by atoms with Gasteiger partial charge in [-0.15, -0.1) is 0 Å². The molecule has 0 bridgehead atoms. The minimum absolute atomic E-state index is 0.155. The minimum atomic E-state index is -0.375. The van der Waals surface area contributed by atoms with Crippen molar-refractivity contribution in [1.29, 1.82) is 0 Å². The number of aryl methyl sites for hydroxylation is 1. The van der Waals surface area contributed by atoms with E-state index in [4.69, 9.17) is 0 Å². The highest BCUT2D eigenvalue weighted by Gasteiger charge is 2.14. The molecule has 0 aliphatic carbocycles. The van der Waals surface area contributed by atoms with Gasteiger partial charge in [0.05, 0.1) is 8.49 Å². The van der Waals surface area contributed by atoms with Crippen LogP contribution in [-0.4, -0.2) is 4.92 Å². The highest BCUT2D eigenvalue weighted by Crippen LogP contribution is 2.28. The molecular weight excluding hydrogens is 337 g/mol. The number of nitro benzene ring substituents is 1. The molecule has 64 valence electrons. The van der Waals surface area contributed by atoms with Gasteiger partial charge in [-0.25, -0.2) is 0 Å². The van der Waals surface area contributed by atoms with Crippen LogP contribution in [0.4, 0.5) is 5.69 Å². The number of nitro groups is 1. The molecule has 0 N–H and O–H groups in total. The molecular formula is C7H5BrINO2. The lowest BCUT2D eigenvalue weighted by Gasteiger charge is -1.99. The standard InChI is InChI=1S/C7H5BrINO2/c1-4-2-5(8)3-6(7(4)9)10(11)12/h2-3H,1H3. The lowest BCUT2D eigenvalue weighted by molar-refractivity contribution is -0.385. The highest BCUT2D eigenvalue weighted by atomic mass is 127. The van der Waals surface area contributed by atoms with E-state index in [1.165, 1.54) is 6.07 Å². The molecule has 1 aromatic rings. The molecule has 0 unspecified atom stereocenters. The summed E-state index contributed by atoms with van der Waals surface area (Å²) in [7, 11) is 0. The van der Waals surface area contributed by atoms with Crippen molar-refractivity contribution in [3.05, 3.63) is 35.9 Å². The Morgan fingerprint density at radius 1 is 1.58 bits per heavy atom. The molecule has 12 heavy (non-hydrogen) atoms. The lowest BCUT2D eigenvalue weighted by atomic mass is 10.2. The maximum Gasteiger partial charge on any atom is 0.284 e. The van der Waals surface area contributed by atoms with E-state index >= 15 is 0 Å². The minimum Gasteiger partial charge on any atom is -0.258 e. The summed E-state index contributed by atoms with van der Waals surface area (Å²) in [4.78, 5) is 10.1. The number of benzene rings is 1. The Hall–Kier alpha value is -0.170. The maximum atomic E-state index is 10.5. The van der Waals surface area contributed by atoms with Crippen LogP contribution in [0.3, 0.4) is 0 Å². The molecule has 0 aliphatic rings. The molecule has 1 aromatic carbocycles. The van der Waals surface area contributed by atoms with Crippen LogP contribution in [0.5, 0.6) is 0 Å². The van der Waals surface area contributed by atoms with Crippen molar-refractivity contribution in [2.75, 3.05) is 0 Å². The first-order chi connectivity index (χ1) is 5.52. The van der Waals surface area contributed by atoms with Gasteiger partial charge in [0.25, 0.3) is 5.69 Å². The van der Waals surface area contributed by atoms with Crippen LogP contribution in [0.1, 0.15) is 5.56 Å². The Bertz CT molecular complexity index is 340. The topological polar surface area (TPSA) is 43.1 Å². The molecule has 0 spiro atoms. The zero-order valence-electron chi connectivity index (χ0n) is 6.17. The van der Waals surface area contributed by atoms with Crippen molar-refractivity contribution < 1.29 is 4.92 Å². The van der Waals surface area contributed by atoms with E-state index in [0.717, 1.165) is 10.0 Å². The monoisotopic (exact) mass is 341 g/mol. The third kappa shape index (κ3) is 1.95. The zero-order chi connectivity index (χ0) is 9.30. The van der Waals surface area contributed by atoms with E-state index in [2.05, 4.69) is 15.9 Å². The van der Waals surface area contributed by atoms with Crippen LogP contribution in [-0.2, 0) is 0 Å². The van der Waals surface area contributed by atoms with Crippen LogP contribution in [0, 0.1) is 20.6 Å². The van der Waals surface area contributed by atoms with Gasteiger partial charge in [0, 0.05) is 10.5 Å². The fraction of sp³-hybridized carbons (Fsp3) is 0.143. The Balaban J connectivity index is 3.37. The third-order valence-corrected chi connectivity index (χ3v) is 3.26. The predicted molar refractivity (Wildman–Crippen MR) is 58.3 cm³/mol. The van der Waals surface area contributed by atoms with Crippen LogP contribution in [0.15, 0.2) is 16.6 Å². The number of rotatable bonds is 1. The fourth-order valence-corrected chi connectivity index (χ4v) is 1.91. The van der Waals surface area contributed by atoms with E-state index in [9.17, 15) is 10.1 Å². The Morgan fingerprint density at radius 2 is 2.17 bits per heavy atom. The molecule has 5 heteroatoms. The third-order valence-electron chi connectivity index (χ3n) is 1.40. The first-order valence-electron chi connectivity index (χ1n) is 3.12. The first-order valence-corrected chi connectivity index (χ1v) is 4.99. The molecule has 0 atom stereocenters. The molecule has 0 aliphatic heterocycles. The van der Waals surface area contributed by atoms with Gasteiger partial charge in [-0.05, 0) is 41.1 Å². The van der Waals surface area contributed by atoms with E-state index < -0.39 is 0 Å². The molecule has 0 fully saturated rings. The van der Waals surface area contributed by atoms with Gasteiger partial charge >= 0.3 is 0 Å². The van der Waals surface area contributed by atoms with E-state index in [1.807, 2.05) is 35.6 Å². The summed E-state index contributed by atoms with van der Waals surface area (Å²) in [6.07, 6.45) is 0. The molecule has 0 heterocycles. The van der Waals surface area contributed by atoms with Crippen LogP contribution >= 0.6 is 38.5 Å². The normalized spacial score (nSPS) is 9.92. The fourth-order valence-electron chi connectivity index (χ4n) is 0.841. The van der Waals surface area contributed by atoms with Gasteiger partial charge in [0.1, 0.15) is 0 Å². The van der Waals surface area contributed by atoms with Crippen molar-refractivity contribution in [2.24, 2.45) is 0 Å². The van der Waals surface area contributed by atoms with Crippen LogP contribution < -0.4 is 0 Å². The maximum absolute atomic E-state index is 10.5.